The molecule has 170 valence electrons. The molecule has 4 heterocycles. The van der Waals surface area contributed by atoms with Gasteiger partial charge in [-0.2, -0.15) is 4.98 Å². The van der Waals surface area contributed by atoms with Gasteiger partial charge in [-0.1, -0.05) is 12.1 Å². The van der Waals surface area contributed by atoms with Gasteiger partial charge in [0.1, 0.15) is 5.82 Å². The zero-order valence-corrected chi connectivity index (χ0v) is 18.6. The first kappa shape index (κ1) is 21.3. The van der Waals surface area contributed by atoms with E-state index in [9.17, 15) is 12.8 Å². The predicted molar refractivity (Wildman–Crippen MR) is 120 cm³/mol. The van der Waals surface area contributed by atoms with Crippen LogP contribution in [0.15, 0.2) is 36.5 Å². The number of anilines is 1. The van der Waals surface area contributed by atoms with Gasteiger partial charge in [-0.25, -0.2) is 21.6 Å². The number of aromatic nitrogens is 3. The van der Waals surface area contributed by atoms with E-state index in [1.54, 1.807) is 16.6 Å². The van der Waals surface area contributed by atoms with Gasteiger partial charge < -0.3 is 5.32 Å². The number of hydrogen-bond donors (Lipinski definition) is 3. The van der Waals surface area contributed by atoms with Crippen molar-refractivity contribution in [2.75, 3.05) is 37.8 Å². The number of nitrogens with one attached hydrogen (secondary N) is 3. The van der Waals surface area contributed by atoms with Crippen molar-refractivity contribution in [2.24, 2.45) is 0 Å². The van der Waals surface area contributed by atoms with Gasteiger partial charge in [0, 0.05) is 49.9 Å². The van der Waals surface area contributed by atoms with E-state index in [4.69, 9.17) is 4.98 Å². The van der Waals surface area contributed by atoms with Gasteiger partial charge in [-0.3, -0.25) is 10.9 Å². The third kappa shape index (κ3) is 4.20. The number of rotatable bonds is 5. The quantitative estimate of drug-likeness (QED) is 0.532. The molecule has 2 aliphatic rings. The molecule has 2 aliphatic heterocycles. The van der Waals surface area contributed by atoms with E-state index in [1.165, 1.54) is 22.7 Å². The third-order valence-electron chi connectivity index (χ3n) is 6.19. The molecule has 2 saturated heterocycles. The molecule has 3 aromatic rings. The molecule has 0 aliphatic carbocycles. The van der Waals surface area contributed by atoms with Crippen LogP contribution in [0.25, 0.3) is 16.8 Å². The molecule has 0 radical (unpaired) electrons. The fraction of sp³-hybridized carbons (Fsp3) is 0.429. The lowest BCUT2D eigenvalue weighted by Gasteiger charge is -2.30. The van der Waals surface area contributed by atoms with Crippen LogP contribution in [0.3, 0.4) is 0 Å². The minimum Gasteiger partial charge on any atom is -0.350 e. The van der Waals surface area contributed by atoms with Gasteiger partial charge in [-0.05, 0) is 42.2 Å². The zero-order valence-electron chi connectivity index (χ0n) is 17.8. The molecule has 11 heteroatoms. The molecule has 0 bridgehead atoms. The summed E-state index contributed by atoms with van der Waals surface area (Å²) in [5.41, 5.74) is 10.00. The standard InChI is InChI=1S/C21H26FN7O2S/c1-32(30,31)28-9-6-17(7-10-28)25-21-26-20-19(14-2-4-16(22)5-3-14)18(8-11-29(20)27-21)15-12-23-24-13-15/h2-5,8,11,15,17,23-24H,6-7,9-10,12-13H2,1H3,(H,25,27). The number of hydrazine groups is 1. The van der Waals surface area contributed by atoms with Crippen molar-refractivity contribution in [3.05, 3.63) is 47.9 Å². The van der Waals surface area contributed by atoms with Gasteiger partial charge in [-0.15, -0.1) is 5.10 Å². The Hall–Kier alpha value is -2.60. The summed E-state index contributed by atoms with van der Waals surface area (Å²) < 4.78 is 40.3. The Morgan fingerprint density at radius 1 is 1.09 bits per heavy atom. The van der Waals surface area contributed by atoms with Crippen molar-refractivity contribution >= 4 is 21.6 Å². The average Bonchev–Trinajstić information content (AvgIpc) is 3.43. The van der Waals surface area contributed by atoms with Crippen molar-refractivity contribution in [3.8, 4) is 11.1 Å². The molecule has 2 aromatic heterocycles. The summed E-state index contributed by atoms with van der Waals surface area (Å²) >= 11 is 0. The summed E-state index contributed by atoms with van der Waals surface area (Å²) in [6.07, 6.45) is 4.53. The van der Waals surface area contributed by atoms with E-state index < -0.39 is 10.0 Å². The normalized spacial score (nSPS) is 19.1. The van der Waals surface area contributed by atoms with Gasteiger partial charge in [0.05, 0.1) is 6.26 Å². The summed E-state index contributed by atoms with van der Waals surface area (Å²) in [4.78, 5) is 4.78. The molecule has 2 fully saturated rings. The average molecular weight is 460 g/mol. The van der Waals surface area contributed by atoms with Crippen LogP contribution in [-0.4, -0.2) is 65.8 Å². The summed E-state index contributed by atoms with van der Waals surface area (Å²) in [6.45, 7) is 2.55. The molecule has 9 nitrogen and oxygen atoms in total. The smallest absolute Gasteiger partial charge is 0.243 e. The first-order chi connectivity index (χ1) is 15.4. The second-order valence-corrected chi connectivity index (χ2v) is 10.4. The second-order valence-electron chi connectivity index (χ2n) is 8.40. The lowest BCUT2D eigenvalue weighted by molar-refractivity contribution is 0.331. The highest BCUT2D eigenvalue weighted by atomic mass is 32.2. The minimum absolute atomic E-state index is 0.0994. The van der Waals surface area contributed by atoms with E-state index in [0.717, 1.165) is 29.8 Å². The first-order valence-corrected chi connectivity index (χ1v) is 12.6. The first-order valence-electron chi connectivity index (χ1n) is 10.7. The highest BCUT2D eigenvalue weighted by molar-refractivity contribution is 7.88. The number of benzene rings is 1. The number of fused-ring (bicyclic) bond motifs is 1. The molecule has 0 amide bonds. The van der Waals surface area contributed by atoms with E-state index in [0.29, 0.717) is 37.5 Å². The van der Waals surface area contributed by atoms with Crippen LogP contribution in [0.1, 0.15) is 24.3 Å². The Kier molecular flexibility index (Phi) is 5.58. The molecule has 0 spiro atoms. The molecule has 0 saturated carbocycles. The number of halogens is 1. The van der Waals surface area contributed by atoms with Crippen molar-refractivity contribution < 1.29 is 12.8 Å². The number of nitrogens with zero attached hydrogens (tertiary/aromatic N) is 4. The minimum atomic E-state index is -3.16. The maximum atomic E-state index is 13.6. The SMILES string of the molecule is CS(=O)(=O)N1CCC(Nc2nc3c(-c4ccc(F)cc4)c(C4CNNC4)ccn3n2)CC1. The van der Waals surface area contributed by atoms with Crippen LogP contribution < -0.4 is 16.2 Å². The monoisotopic (exact) mass is 459 g/mol. The Morgan fingerprint density at radius 2 is 1.78 bits per heavy atom. The van der Waals surface area contributed by atoms with E-state index >= 15 is 0 Å². The highest BCUT2D eigenvalue weighted by Gasteiger charge is 2.27. The van der Waals surface area contributed by atoms with Gasteiger partial charge >= 0.3 is 0 Å². The Labute approximate surface area is 186 Å². The molecule has 32 heavy (non-hydrogen) atoms. The second kappa shape index (κ2) is 8.39. The topological polar surface area (TPSA) is 104 Å². The molecular weight excluding hydrogens is 433 g/mol. The summed E-state index contributed by atoms with van der Waals surface area (Å²) in [5.74, 6) is 0.482. The van der Waals surface area contributed by atoms with E-state index in [1.807, 2.05) is 12.3 Å². The number of piperidine rings is 1. The van der Waals surface area contributed by atoms with Gasteiger partial charge in [0.25, 0.3) is 0 Å². The van der Waals surface area contributed by atoms with Crippen molar-refractivity contribution in [1.82, 2.24) is 29.8 Å². The maximum absolute atomic E-state index is 13.6. The highest BCUT2D eigenvalue weighted by Crippen LogP contribution is 2.33. The molecule has 0 unspecified atom stereocenters. The predicted octanol–water partition coefficient (Wildman–Crippen LogP) is 1.56. The lowest BCUT2D eigenvalue weighted by Crippen LogP contribution is -2.41. The van der Waals surface area contributed by atoms with E-state index in [-0.39, 0.29) is 17.8 Å². The number of sulfonamides is 1. The molecule has 1 aromatic carbocycles. The van der Waals surface area contributed by atoms with Crippen molar-refractivity contribution in [1.29, 1.82) is 0 Å². The number of pyridine rings is 1. The van der Waals surface area contributed by atoms with Gasteiger partial charge in [0.15, 0.2) is 5.65 Å². The Balaban J connectivity index is 1.47. The van der Waals surface area contributed by atoms with Crippen molar-refractivity contribution in [3.63, 3.8) is 0 Å². The van der Waals surface area contributed by atoms with Crippen LogP contribution in [0.2, 0.25) is 0 Å². The fourth-order valence-corrected chi connectivity index (χ4v) is 5.35. The summed E-state index contributed by atoms with van der Waals surface area (Å²) in [6, 6.07) is 8.60. The molecule has 5 rings (SSSR count). The Morgan fingerprint density at radius 3 is 2.44 bits per heavy atom. The largest absolute Gasteiger partial charge is 0.350 e. The van der Waals surface area contributed by atoms with Crippen molar-refractivity contribution in [2.45, 2.75) is 24.8 Å². The zero-order chi connectivity index (χ0) is 22.3. The molecular formula is C21H26FN7O2S. The molecule has 3 N–H and O–H groups in total. The number of hydrogen-bond acceptors (Lipinski definition) is 7. The van der Waals surface area contributed by atoms with Crippen LogP contribution >= 0.6 is 0 Å². The maximum Gasteiger partial charge on any atom is 0.243 e. The van der Waals surface area contributed by atoms with Crippen LogP contribution in [0.5, 0.6) is 0 Å². The lowest BCUT2D eigenvalue weighted by atomic mass is 9.92. The van der Waals surface area contributed by atoms with E-state index in [2.05, 4.69) is 21.3 Å². The van der Waals surface area contributed by atoms with Crippen LogP contribution in [-0.2, 0) is 10.0 Å². The molecule has 0 atom stereocenters. The Bertz CT molecular complexity index is 1210. The van der Waals surface area contributed by atoms with Crippen LogP contribution in [0.4, 0.5) is 10.3 Å². The summed E-state index contributed by atoms with van der Waals surface area (Å²) in [7, 11) is -3.16. The van der Waals surface area contributed by atoms with Crippen LogP contribution in [0, 0.1) is 5.82 Å². The fourth-order valence-electron chi connectivity index (χ4n) is 4.47. The summed E-state index contributed by atoms with van der Waals surface area (Å²) in [5, 5.41) is 7.97. The third-order valence-corrected chi connectivity index (χ3v) is 7.49. The van der Waals surface area contributed by atoms with Gasteiger partial charge in [0.2, 0.25) is 16.0 Å².